The van der Waals surface area contributed by atoms with Crippen LogP contribution in [0, 0.1) is 0 Å². The van der Waals surface area contributed by atoms with E-state index in [9.17, 15) is 0 Å². The summed E-state index contributed by atoms with van der Waals surface area (Å²) in [5.74, 6) is 0.00231. The van der Waals surface area contributed by atoms with Gasteiger partial charge in [-0.15, -0.1) is 0 Å². The number of aliphatic hydroxyl groups excluding tert-OH is 1. The second-order valence-electron chi connectivity index (χ2n) is 1.06. The molecule has 0 aromatic heterocycles. The van der Waals surface area contributed by atoms with Gasteiger partial charge in [0.1, 0.15) is 0 Å². The Balaban J connectivity index is 0. The smallest absolute Gasteiger partial charge is 0.272 e. The van der Waals surface area contributed by atoms with Gasteiger partial charge in [0, 0.05) is 32.7 Å². The minimum atomic E-state index is 0. The van der Waals surface area contributed by atoms with Crippen LogP contribution in [0.5, 0.6) is 0 Å². The molecule has 0 aromatic carbocycles. The number of aliphatic hydroxyl groups is 1. The third-order valence-corrected chi connectivity index (χ3v) is 0.539. The second-order valence-corrected chi connectivity index (χ2v) is 1.06. The Morgan fingerprint density at radius 3 is 2.38 bits per heavy atom. The van der Waals surface area contributed by atoms with E-state index in [2.05, 4.69) is 4.74 Å². The number of allylic oxidation sites excluding steroid dienone is 1. The maximum atomic E-state index is 8.50. The van der Waals surface area contributed by atoms with Crippen molar-refractivity contribution in [1.82, 2.24) is 0 Å². The summed E-state index contributed by atoms with van der Waals surface area (Å²) in [6, 6.07) is 0. The zero-order valence-corrected chi connectivity index (χ0v) is 8.06. The Labute approximate surface area is 74.8 Å². The van der Waals surface area contributed by atoms with Crippen molar-refractivity contribution in [1.29, 1.82) is 0 Å². The number of hydrogen-bond donors (Lipinski definition) is 1. The van der Waals surface area contributed by atoms with Gasteiger partial charge in [0.25, 0.3) is 5.95 Å². The van der Waals surface area contributed by atoms with Crippen LogP contribution in [-0.2, 0) is 37.4 Å². The quantitative estimate of drug-likeness (QED) is 0.669. The van der Waals surface area contributed by atoms with E-state index in [1.807, 2.05) is 6.92 Å². The molecular formula is C5H10O2Y. The standard InChI is InChI=1S/C5H10O2.Y/c1-3-5(6)7-4-2;/h3,6H,4H2,1-2H3;/b5-3-;. The van der Waals surface area contributed by atoms with Crippen molar-refractivity contribution >= 4 is 0 Å². The molecule has 0 amide bonds. The van der Waals surface area contributed by atoms with Crippen LogP contribution in [0.1, 0.15) is 13.8 Å². The zero-order valence-electron chi connectivity index (χ0n) is 5.22. The number of hydrogen-bond acceptors (Lipinski definition) is 2. The van der Waals surface area contributed by atoms with Gasteiger partial charge in [0.2, 0.25) is 0 Å². The van der Waals surface area contributed by atoms with E-state index in [4.69, 9.17) is 5.11 Å². The Bertz CT molecular complexity index is 70.8. The van der Waals surface area contributed by atoms with Crippen LogP contribution in [0.3, 0.4) is 0 Å². The largest absolute Gasteiger partial charge is 0.481 e. The van der Waals surface area contributed by atoms with Crippen molar-refractivity contribution in [2.75, 3.05) is 6.61 Å². The molecular weight excluding hydrogens is 181 g/mol. The summed E-state index contributed by atoms with van der Waals surface area (Å²) in [6.07, 6.45) is 1.50. The van der Waals surface area contributed by atoms with E-state index in [0.717, 1.165) is 0 Å². The van der Waals surface area contributed by atoms with Crippen molar-refractivity contribution in [2.45, 2.75) is 13.8 Å². The zero-order chi connectivity index (χ0) is 5.70. The summed E-state index contributed by atoms with van der Waals surface area (Å²) in [4.78, 5) is 0. The van der Waals surface area contributed by atoms with Crippen LogP contribution in [0.2, 0.25) is 0 Å². The molecule has 1 radical (unpaired) electrons. The molecule has 3 heteroatoms. The average molecular weight is 191 g/mol. The molecule has 0 aliphatic carbocycles. The van der Waals surface area contributed by atoms with Crippen LogP contribution in [-0.4, -0.2) is 11.7 Å². The molecule has 0 fully saturated rings. The fourth-order valence-electron chi connectivity index (χ4n) is 0.231. The summed E-state index contributed by atoms with van der Waals surface area (Å²) < 4.78 is 4.61. The molecule has 1 N–H and O–H groups in total. The molecule has 0 heterocycles. The van der Waals surface area contributed by atoms with E-state index >= 15 is 0 Å². The van der Waals surface area contributed by atoms with Crippen LogP contribution < -0.4 is 0 Å². The summed E-state index contributed by atoms with van der Waals surface area (Å²) in [7, 11) is 0. The van der Waals surface area contributed by atoms with Gasteiger partial charge in [-0.3, -0.25) is 0 Å². The molecule has 0 aromatic rings. The SMILES string of the molecule is C/C=C(/O)OCC.[Y]. The normalized spacial score (nSPS) is 10.0. The first-order valence-corrected chi connectivity index (χ1v) is 2.29. The Kier molecular flexibility index (Phi) is 10.5. The van der Waals surface area contributed by atoms with Crippen molar-refractivity contribution in [3.63, 3.8) is 0 Å². The fourth-order valence-corrected chi connectivity index (χ4v) is 0.231. The molecule has 0 aliphatic heterocycles. The van der Waals surface area contributed by atoms with Crippen molar-refractivity contribution in [2.24, 2.45) is 0 Å². The van der Waals surface area contributed by atoms with Crippen LogP contribution in [0.25, 0.3) is 0 Å². The van der Waals surface area contributed by atoms with Crippen LogP contribution in [0.15, 0.2) is 12.0 Å². The van der Waals surface area contributed by atoms with Gasteiger partial charge in [0.15, 0.2) is 0 Å². The van der Waals surface area contributed by atoms with Gasteiger partial charge in [-0.25, -0.2) is 0 Å². The molecule has 0 bridgehead atoms. The van der Waals surface area contributed by atoms with E-state index in [0.29, 0.717) is 6.61 Å². The van der Waals surface area contributed by atoms with Crippen molar-refractivity contribution in [3.8, 4) is 0 Å². The molecule has 0 saturated carbocycles. The van der Waals surface area contributed by atoms with Gasteiger partial charge >= 0.3 is 0 Å². The Morgan fingerprint density at radius 2 is 2.25 bits per heavy atom. The summed E-state index contributed by atoms with van der Waals surface area (Å²) in [6.45, 7) is 4.06. The third-order valence-electron chi connectivity index (χ3n) is 0.539. The minimum Gasteiger partial charge on any atom is -0.481 e. The molecule has 0 spiro atoms. The van der Waals surface area contributed by atoms with E-state index in [1.54, 1.807) is 6.92 Å². The summed E-state index contributed by atoms with van der Waals surface area (Å²) in [5.41, 5.74) is 0. The predicted octanol–water partition coefficient (Wildman–Crippen LogP) is 1.44. The fraction of sp³-hybridized carbons (Fsp3) is 0.600. The maximum absolute atomic E-state index is 8.50. The van der Waals surface area contributed by atoms with E-state index < -0.39 is 0 Å². The minimum absolute atomic E-state index is 0. The molecule has 0 atom stereocenters. The van der Waals surface area contributed by atoms with Gasteiger partial charge in [-0.1, -0.05) is 0 Å². The molecule has 45 valence electrons. The van der Waals surface area contributed by atoms with E-state index in [1.165, 1.54) is 6.08 Å². The molecule has 0 aliphatic rings. The van der Waals surface area contributed by atoms with Gasteiger partial charge in [-0.2, -0.15) is 0 Å². The molecule has 2 nitrogen and oxygen atoms in total. The first kappa shape index (κ1) is 11.3. The number of ether oxygens (including phenoxy) is 1. The van der Waals surface area contributed by atoms with Gasteiger partial charge in [0.05, 0.1) is 6.61 Å². The molecule has 0 unspecified atom stereocenters. The molecule has 0 rings (SSSR count). The maximum Gasteiger partial charge on any atom is 0.272 e. The average Bonchev–Trinajstić information content (AvgIpc) is 1.68. The monoisotopic (exact) mass is 191 g/mol. The summed E-state index contributed by atoms with van der Waals surface area (Å²) >= 11 is 0. The first-order valence-electron chi connectivity index (χ1n) is 2.29. The van der Waals surface area contributed by atoms with Crippen LogP contribution in [0.4, 0.5) is 0 Å². The van der Waals surface area contributed by atoms with Crippen molar-refractivity contribution < 1.29 is 42.6 Å². The topological polar surface area (TPSA) is 29.5 Å². The third kappa shape index (κ3) is 6.44. The van der Waals surface area contributed by atoms with Crippen LogP contribution >= 0.6 is 0 Å². The van der Waals surface area contributed by atoms with E-state index in [-0.39, 0.29) is 38.7 Å². The Morgan fingerprint density at radius 1 is 1.75 bits per heavy atom. The molecule has 0 saturated heterocycles. The predicted molar refractivity (Wildman–Crippen MR) is 28.0 cm³/mol. The van der Waals surface area contributed by atoms with Crippen molar-refractivity contribution in [3.05, 3.63) is 12.0 Å². The first-order chi connectivity index (χ1) is 3.31. The summed E-state index contributed by atoms with van der Waals surface area (Å²) in [5, 5.41) is 8.50. The van der Waals surface area contributed by atoms with Gasteiger partial charge in [-0.05, 0) is 19.9 Å². The van der Waals surface area contributed by atoms with Gasteiger partial charge < -0.3 is 9.84 Å². The second kappa shape index (κ2) is 7.44. The number of rotatable bonds is 2. The Hall–Kier alpha value is 0.444. The molecule has 8 heavy (non-hydrogen) atoms.